The van der Waals surface area contributed by atoms with Gasteiger partial charge in [-0.1, -0.05) is 0 Å². The second-order valence-electron chi connectivity index (χ2n) is 6.91. The van der Waals surface area contributed by atoms with Crippen molar-refractivity contribution in [2.75, 3.05) is 26.3 Å². The molecule has 1 unspecified atom stereocenters. The lowest BCUT2D eigenvalue weighted by Crippen LogP contribution is -2.75. The number of rotatable bonds is 6. The van der Waals surface area contributed by atoms with Gasteiger partial charge in [-0.2, -0.15) is 13.2 Å². The maximum absolute atomic E-state index is 13.1. The van der Waals surface area contributed by atoms with Crippen LogP contribution in [0.2, 0.25) is 0 Å². The number of guanidine groups is 2. The lowest BCUT2D eigenvalue weighted by molar-refractivity contribution is -0.211. The molecule has 3 aliphatic rings. The lowest BCUT2D eigenvalue weighted by atomic mass is 9.97. The molecule has 3 fully saturated rings. The predicted molar refractivity (Wildman–Crippen MR) is 84.7 cm³/mol. The van der Waals surface area contributed by atoms with Crippen molar-refractivity contribution in [1.29, 1.82) is 10.8 Å². The van der Waals surface area contributed by atoms with Gasteiger partial charge in [0.05, 0.1) is 25.8 Å². The number of ether oxygens (including phenoxy) is 1. The average molecular weight is 394 g/mol. The predicted octanol–water partition coefficient (Wildman–Crippen LogP) is -1.74. The summed E-state index contributed by atoms with van der Waals surface area (Å²) >= 11 is 0. The standard InChI is InChI=1S/C14H21F3N6O4/c15-14(16,17)12(1-2-12)9(26)27-7(5-24)4-23-11(19)20-3-8-13(23,6-25)22-10(18)21-8/h7-8,24-25H,1-6H2,(H2,19,20)(H3,18,21,22)/t7-,8-,13?/m0/s1. The molecule has 2 saturated heterocycles. The van der Waals surface area contributed by atoms with Crippen molar-refractivity contribution in [3.63, 3.8) is 0 Å². The Labute approximate surface area is 152 Å². The summed E-state index contributed by atoms with van der Waals surface area (Å²) < 4.78 is 44.1. The van der Waals surface area contributed by atoms with Crippen LogP contribution in [-0.4, -0.2) is 83.3 Å². The summed E-state index contributed by atoms with van der Waals surface area (Å²) in [7, 11) is 0. The van der Waals surface area contributed by atoms with Gasteiger partial charge in [0.2, 0.25) is 0 Å². The number of hydrogen-bond donors (Lipinski definition) is 7. The molecule has 0 spiro atoms. The van der Waals surface area contributed by atoms with Crippen LogP contribution in [0.4, 0.5) is 13.2 Å². The number of nitrogens with zero attached hydrogens (tertiary/aromatic N) is 1. The van der Waals surface area contributed by atoms with Crippen LogP contribution in [-0.2, 0) is 9.53 Å². The molecule has 0 radical (unpaired) electrons. The van der Waals surface area contributed by atoms with Gasteiger partial charge < -0.3 is 35.8 Å². The van der Waals surface area contributed by atoms with Crippen LogP contribution in [0.3, 0.4) is 0 Å². The minimum absolute atomic E-state index is 0.0953. The Morgan fingerprint density at radius 1 is 1.37 bits per heavy atom. The molecule has 0 aromatic heterocycles. The number of fused-ring (bicyclic) bond motifs is 1. The molecule has 0 bridgehead atoms. The Hall–Kier alpha value is -2.28. The number of nitrogens with one attached hydrogen (secondary N) is 5. The largest absolute Gasteiger partial charge is 0.457 e. The minimum Gasteiger partial charge on any atom is -0.457 e. The summed E-state index contributed by atoms with van der Waals surface area (Å²) in [6.45, 7) is -1.43. The number of halogens is 3. The molecule has 152 valence electrons. The van der Waals surface area contributed by atoms with E-state index in [1.807, 2.05) is 0 Å². The van der Waals surface area contributed by atoms with Crippen molar-refractivity contribution in [1.82, 2.24) is 20.9 Å². The van der Waals surface area contributed by atoms with Crippen LogP contribution in [0.15, 0.2) is 0 Å². The van der Waals surface area contributed by atoms with E-state index in [0.29, 0.717) is 0 Å². The smallest absolute Gasteiger partial charge is 0.404 e. The Bertz CT molecular complexity index is 655. The number of carbonyl (C=O) groups is 1. The van der Waals surface area contributed by atoms with Gasteiger partial charge in [0.15, 0.2) is 23.0 Å². The molecule has 0 amide bonds. The SMILES string of the molecule is N=C1N[C@H]2CNC(=N)N(C[C@@H](CO)OC(=O)C3(C(F)(F)F)CC3)C2(CO)N1. The zero-order valence-electron chi connectivity index (χ0n) is 14.2. The highest BCUT2D eigenvalue weighted by molar-refractivity contribution is 5.86. The van der Waals surface area contributed by atoms with Crippen molar-refractivity contribution < 1.29 is 32.9 Å². The molecule has 3 atom stereocenters. The molecular weight excluding hydrogens is 373 g/mol. The molecule has 0 aromatic carbocycles. The topological polar surface area (TPSA) is 154 Å². The van der Waals surface area contributed by atoms with Gasteiger partial charge in [0, 0.05) is 6.54 Å². The molecule has 2 aliphatic heterocycles. The fourth-order valence-corrected chi connectivity index (χ4v) is 3.42. The highest BCUT2D eigenvalue weighted by Crippen LogP contribution is 2.58. The van der Waals surface area contributed by atoms with Crippen LogP contribution >= 0.6 is 0 Å². The van der Waals surface area contributed by atoms with Crippen molar-refractivity contribution in [3.05, 3.63) is 0 Å². The van der Waals surface area contributed by atoms with E-state index in [1.54, 1.807) is 0 Å². The fourth-order valence-electron chi connectivity index (χ4n) is 3.42. The molecule has 27 heavy (non-hydrogen) atoms. The first kappa shape index (κ1) is 19.5. The highest BCUT2D eigenvalue weighted by Gasteiger charge is 2.70. The number of carbonyl (C=O) groups excluding carboxylic acids is 1. The quantitative estimate of drug-likeness (QED) is 0.262. The van der Waals surface area contributed by atoms with Gasteiger partial charge in [0.1, 0.15) is 6.10 Å². The highest BCUT2D eigenvalue weighted by atomic mass is 19.4. The summed E-state index contributed by atoms with van der Waals surface area (Å²) in [6, 6.07) is -0.524. The monoisotopic (exact) mass is 394 g/mol. The maximum atomic E-state index is 13.1. The Morgan fingerprint density at radius 2 is 2.04 bits per heavy atom. The second-order valence-corrected chi connectivity index (χ2v) is 6.91. The van der Waals surface area contributed by atoms with E-state index in [-0.39, 0.29) is 37.9 Å². The van der Waals surface area contributed by atoms with Crippen LogP contribution < -0.4 is 16.0 Å². The zero-order chi connectivity index (χ0) is 20.0. The Balaban J connectivity index is 1.76. The van der Waals surface area contributed by atoms with Gasteiger partial charge in [-0.25, -0.2) is 0 Å². The fraction of sp³-hybridized carbons (Fsp3) is 0.786. The Morgan fingerprint density at radius 3 is 2.56 bits per heavy atom. The molecule has 7 N–H and O–H groups in total. The van der Waals surface area contributed by atoms with E-state index >= 15 is 0 Å². The number of esters is 1. The third-order valence-corrected chi connectivity index (χ3v) is 5.25. The van der Waals surface area contributed by atoms with E-state index in [9.17, 15) is 28.2 Å². The first-order chi connectivity index (χ1) is 12.6. The van der Waals surface area contributed by atoms with Gasteiger partial charge in [-0.05, 0) is 12.8 Å². The van der Waals surface area contributed by atoms with Crippen molar-refractivity contribution in [2.24, 2.45) is 5.41 Å². The molecule has 0 aromatic rings. The summed E-state index contributed by atoms with van der Waals surface area (Å²) in [5, 5.41) is 43.4. The van der Waals surface area contributed by atoms with Crippen molar-refractivity contribution >= 4 is 17.9 Å². The molecule has 1 saturated carbocycles. The van der Waals surface area contributed by atoms with E-state index in [0.717, 1.165) is 0 Å². The molecule has 3 rings (SSSR count). The first-order valence-electron chi connectivity index (χ1n) is 8.32. The third-order valence-electron chi connectivity index (χ3n) is 5.25. The van der Waals surface area contributed by atoms with E-state index in [4.69, 9.17) is 15.6 Å². The molecule has 10 nitrogen and oxygen atoms in total. The van der Waals surface area contributed by atoms with Crippen molar-refractivity contribution in [2.45, 2.75) is 36.8 Å². The summed E-state index contributed by atoms with van der Waals surface area (Å²) in [5.41, 5.74) is -3.85. The number of aliphatic hydroxyl groups excluding tert-OH is 2. The van der Waals surface area contributed by atoms with Crippen LogP contribution in [0, 0.1) is 16.2 Å². The van der Waals surface area contributed by atoms with Gasteiger partial charge in [0.25, 0.3) is 0 Å². The Kier molecular flexibility index (Phi) is 4.62. The van der Waals surface area contributed by atoms with E-state index in [1.165, 1.54) is 4.90 Å². The first-order valence-corrected chi connectivity index (χ1v) is 8.32. The zero-order valence-corrected chi connectivity index (χ0v) is 14.2. The minimum atomic E-state index is -4.73. The summed E-state index contributed by atoms with van der Waals surface area (Å²) in [4.78, 5) is 13.3. The normalized spacial score (nSPS) is 30.0. The van der Waals surface area contributed by atoms with Gasteiger partial charge in [-0.3, -0.25) is 15.6 Å². The number of alkyl halides is 3. The van der Waals surface area contributed by atoms with Gasteiger partial charge in [-0.15, -0.1) is 0 Å². The molecule has 2 heterocycles. The maximum Gasteiger partial charge on any atom is 0.404 e. The lowest BCUT2D eigenvalue weighted by Gasteiger charge is -2.48. The molecule has 1 aliphatic carbocycles. The molecule has 13 heteroatoms. The van der Waals surface area contributed by atoms with Gasteiger partial charge >= 0.3 is 12.1 Å². The summed E-state index contributed by atoms with van der Waals surface area (Å²) in [5.74, 6) is -1.73. The molecular formula is C14H21F3N6O4. The van der Waals surface area contributed by atoms with E-state index in [2.05, 4.69) is 16.0 Å². The van der Waals surface area contributed by atoms with Crippen LogP contribution in [0.25, 0.3) is 0 Å². The number of aliphatic hydroxyl groups is 2. The second kappa shape index (κ2) is 6.41. The van der Waals surface area contributed by atoms with Crippen LogP contribution in [0.5, 0.6) is 0 Å². The number of hydrogen-bond acceptors (Lipinski definition) is 6. The third kappa shape index (κ3) is 3.04. The average Bonchev–Trinajstić information content (AvgIpc) is 3.35. The van der Waals surface area contributed by atoms with Crippen LogP contribution in [0.1, 0.15) is 12.8 Å². The van der Waals surface area contributed by atoms with Crippen molar-refractivity contribution in [3.8, 4) is 0 Å². The summed E-state index contributed by atoms with van der Waals surface area (Å²) in [6.07, 6.45) is -6.80. The van der Waals surface area contributed by atoms with E-state index < -0.39 is 48.6 Å².